The first-order chi connectivity index (χ1) is 10.7. The molecule has 0 spiro atoms. The van der Waals surface area contributed by atoms with Crippen molar-refractivity contribution < 1.29 is 9.18 Å². The van der Waals surface area contributed by atoms with Crippen molar-refractivity contribution >= 4 is 11.7 Å². The first kappa shape index (κ1) is 15.2. The molecule has 1 atom stereocenters. The summed E-state index contributed by atoms with van der Waals surface area (Å²) in [6.07, 6.45) is 7.57. The Balaban J connectivity index is 1.48. The van der Waals surface area contributed by atoms with Gasteiger partial charge in [0.1, 0.15) is 5.82 Å². The van der Waals surface area contributed by atoms with Crippen LogP contribution in [0.2, 0.25) is 0 Å². The van der Waals surface area contributed by atoms with E-state index in [-0.39, 0.29) is 6.03 Å². The van der Waals surface area contributed by atoms with E-state index < -0.39 is 5.82 Å². The van der Waals surface area contributed by atoms with Crippen molar-refractivity contribution in [1.82, 2.24) is 14.8 Å². The van der Waals surface area contributed by atoms with Crippen LogP contribution in [0.3, 0.4) is 0 Å². The third-order valence-corrected chi connectivity index (χ3v) is 4.49. The number of anilines is 1. The van der Waals surface area contributed by atoms with Gasteiger partial charge in [-0.25, -0.2) is 9.18 Å². The Bertz CT molecular complexity index is 519. The zero-order valence-electron chi connectivity index (χ0n) is 12.8. The Kier molecular flexibility index (Phi) is 4.87. The Morgan fingerprint density at radius 1 is 1.27 bits per heavy atom. The van der Waals surface area contributed by atoms with Gasteiger partial charge in [0.2, 0.25) is 0 Å². The summed E-state index contributed by atoms with van der Waals surface area (Å²) in [6, 6.07) is 1.13. The molecule has 1 aromatic rings. The second kappa shape index (κ2) is 7.05. The molecule has 120 valence electrons. The van der Waals surface area contributed by atoms with Crippen LogP contribution in [0.4, 0.5) is 14.9 Å². The average Bonchev–Trinajstić information content (AvgIpc) is 2.97. The van der Waals surface area contributed by atoms with Crippen LogP contribution in [0.25, 0.3) is 0 Å². The standard InChI is InChI=1S/C16H23FN4O/c17-14-8-15(10-18-9-14)19-16(22)21-7-4-13(12-21)11-20-5-2-1-3-6-20/h8-10,13H,1-7,11-12H2,(H,19,22). The summed E-state index contributed by atoms with van der Waals surface area (Å²) in [7, 11) is 0. The molecule has 6 heteroatoms. The maximum Gasteiger partial charge on any atom is 0.321 e. The van der Waals surface area contributed by atoms with E-state index in [1.807, 2.05) is 4.90 Å². The number of halogens is 1. The summed E-state index contributed by atoms with van der Waals surface area (Å²) >= 11 is 0. The van der Waals surface area contributed by atoms with Crippen molar-refractivity contribution in [1.29, 1.82) is 0 Å². The molecule has 0 aliphatic carbocycles. The lowest BCUT2D eigenvalue weighted by Crippen LogP contribution is -2.37. The maximum absolute atomic E-state index is 13.1. The number of carbonyl (C=O) groups excluding carboxylic acids is 1. The molecule has 0 aromatic carbocycles. The fraction of sp³-hybridized carbons (Fsp3) is 0.625. The third-order valence-electron chi connectivity index (χ3n) is 4.49. The average molecular weight is 306 g/mol. The topological polar surface area (TPSA) is 48.5 Å². The van der Waals surface area contributed by atoms with Gasteiger partial charge in [0.25, 0.3) is 0 Å². The van der Waals surface area contributed by atoms with Crippen LogP contribution < -0.4 is 5.32 Å². The zero-order chi connectivity index (χ0) is 15.4. The smallest absolute Gasteiger partial charge is 0.321 e. The Hall–Kier alpha value is -1.69. The molecule has 0 saturated carbocycles. The highest BCUT2D eigenvalue weighted by atomic mass is 19.1. The molecular formula is C16H23FN4O. The summed E-state index contributed by atoms with van der Waals surface area (Å²) in [6.45, 7) is 5.03. The summed E-state index contributed by atoms with van der Waals surface area (Å²) in [4.78, 5) is 20.3. The van der Waals surface area contributed by atoms with Crippen molar-refractivity contribution in [3.05, 3.63) is 24.3 Å². The number of amides is 2. The SMILES string of the molecule is O=C(Nc1cncc(F)c1)N1CCC(CN2CCCCC2)C1. The molecule has 2 saturated heterocycles. The minimum atomic E-state index is -0.442. The molecule has 2 fully saturated rings. The molecule has 3 rings (SSSR count). The Morgan fingerprint density at radius 2 is 2.09 bits per heavy atom. The summed E-state index contributed by atoms with van der Waals surface area (Å²) in [5.41, 5.74) is 0.407. The number of likely N-dealkylation sites (tertiary alicyclic amines) is 2. The number of nitrogens with one attached hydrogen (secondary N) is 1. The predicted octanol–water partition coefficient (Wildman–Crippen LogP) is 2.56. The highest BCUT2D eigenvalue weighted by Gasteiger charge is 2.28. The quantitative estimate of drug-likeness (QED) is 0.933. The van der Waals surface area contributed by atoms with Crippen molar-refractivity contribution in [2.24, 2.45) is 5.92 Å². The highest BCUT2D eigenvalue weighted by Crippen LogP contribution is 2.20. The van der Waals surface area contributed by atoms with Crippen LogP contribution in [0.1, 0.15) is 25.7 Å². The van der Waals surface area contributed by atoms with Gasteiger partial charge in [-0.2, -0.15) is 0 Å². The molecular weight excluding hydrogens is 283 g/mol. The van der Waals surface area contributed by atoms with Gasteiger partial charge < -0.3 is 15.1 Å². The predicted molar refractivity (Wildman–Crippen MR) is 83.2 cm³/mol. The lowest BCUT2D eigenvalue weighted by molar-refractivity contribution is 0.192. The first-order valence-electron chi connectivity index (χ1n) is 8.09. The number of urea groups is 1. The van der Waals surface area contributed by atoms with Crippen LogP contribution >= 0.6 is 0 Å². The number of hydrogen-bond donors (Lipinski definition) is 1. The van der Waals surface area contributed by atoms with E-state index in [1.165, 1.54) is 44.6 Å². The number of rotatable bonds is 3. The second-order valence-electron chi connectivity index (χ2n) is 6.28. The molecule has 2 aliphatic heterocycles. The van der Waals surface area contributed by atoms with Gasteiger partial charge in [0.05, 0.1) is 18.1 Å². The molecule has 5 nitrogen and oxygen atoms in total. The molecule has 0 bridgehead atoms. The van der Waals surface area contributed by atoms with E-state index in [0.29, 0.717) is 11.6 Å². The van der Waals surface area contributed by atoms with E-state index in [4.69, 9.17) is 0 Å². The van der Waals surface area contributed by atoms with E-state index in [2.05, 4.69) is 15.2 Å². The van der Waals surface area contributed by atoms with E-state index in [1.54, 1.807) is 0 Å². The van der Waals surface area contributed by atoms with E-state index >= 15 is 0 Å². The van der Waals surface area contributed by atoms with Crippen LogP contribution in [0, 0.1) is 11.7 Å². The number of carbonyl (C=O) groups is 1. The van der Waals surface area contributed by atoms with Crippen LogP contribution in [-0.4, -0.2) is 53.5 Å². The summed E-state index contributed by atoms with van der Waals surface area (Å²) in [5, 5.41) is 2.72. The number of pyridine rings is 1. The number of hydrogen-bond acceptors (Lipinski definition) is 3. The zero-order valence-corrected chi connectivity index (χ0v) is 12.8. The first-order valence-corrected chi connectivity index (χ1v) is 8.09. The Labute approximate surface area is 130 Å². The lowest BCUT2D eigenvalue weighted by atomic mass is 10.1. The van der Waals surface area contributed by atoms with Gasteiger partial charge in [-0.15, -0.1) is 0 Å². The highest BCUT2D eigenvalue weighted by molar-refractivity contribution is 5.89. The van der Waals surface area contributed by atoms with E-state index in [9.17, 15) is 9.18 Å². The van der Waals surface area contributed by atoms with Gasteiger partial charge in [0.15, 0.2) is 0 Å². The molecule has 22 heavy (non-hydrogen) atoms. The number of nitrogens with zero attached hydrogens (tertiary/aromatic N) is 3. The minimum absolute atomic E-state index is 0.159. The van der Waals surface area contributed by atoms with Crippen LogP contribution in [0.5, 0.6) is 0 Å². The van der Waals surface area contributed by atoms with Crippen LogP contribution in [0.15, 0.2) is 18.5 Å². The number of aromatic nitrogens is 1. The normalized spacial score (nSPS) is 22.8. The van der Waals surface area contributed by atoms with E-state index in [0.717, 1.165) is 32.3 Å². The van der Waals surface area contributed by atoms with Gasteiger partial charge in [-0.1, -0.05) is 6.42 Å². The minimum Gasteiger partial charge on any atom is -0.324 e. The molecule has 1 unspecified atom stereocenters. The van der Waals surface area contributed by atoms with Gasteiger partial charge >= 0.3 is 6.03 Å². The maximum atomic E-state index is 13.1. The van der Waals surface area contributed by atoms with Crippen LogP contribution in [-0.2, 0) is 0 Å². The molecule has 0 radical (unpaired) electrons. The number of piperidine rings is 1. The van der Waals surface area contributed by atoms with Gasteiger partial charge in [0, 0.05) is 25.7 Å². The van der Waals surface area contributed by atoms with Crippen molar-refractivity contribution in [2.75, 3.05) is 38.0 Å². The third kappa shape index (κ3) is 3.94. The van der Waals surface area contributed by atoms with Crippen molar-refractivity contribution in [3.8, 4) is 0 Å². The van der Waals surface area contributed by atoms with Crippen molar-refractivity contribution in [2.45, 2.75) is 25.7 Å². The van der Waals surface area contributed by atoms with Gasteiger partial charge in [-0.05, 0) is 38.3 Å². The fourth-order valence-electron chi connectivity index (χ4n) is 3.36. The molecule has 3 heterocycles. The summed E-state index contributed by atoms with van der Waals surface area (Å²) in [5.74, 6) is 0.108. The monoisotopic (exact) mass is 306 g/mol. The lowest BCUT2D eigenvalue weighted by Gasteiger charge is -2.29. The molecule has 2 aliphatic rings. The fourth-order valence-corrected chi connectivity index (χ4v) is 3.36. The van der Waals surface area contributed by atoms with Gasteiger partial charge in [-0.3, -0.25) is 4.98 Å². The second-order valence-corrected chi connectivity index (χ2v) is 6.28. The Morgan fingerprint density at radius 3 is 2.86 bits per heavy atom. The molecule has 1 aromatic heterocycles. The molecule has 1 N–H and O–H groups in total. The largest absolute Gasteiger partial charge is 0.324 e. The summed E-state index contributed by atoms with van der Waals surface area (Å²) < 4.78 is 13.1. The van der Waals surface area contributed by atoms with Crippen molar-refractivity contribution in [3.63, 3.8) is 0 Å². The molecule has 2 amide bonds.